The molecule has 1 amide bonds. The van der Waals surface area contributed by atoms with Gasteiger partial charge in [0.2, 0.25) is 11.9 Å². The van der Waals surface area contributed by atoms with Crippen molar-refractivity contribution in [1.82, 2.24) is 14.6 Å². The molecule has 3 heterocycles. The maximum Gasteiger partial charge on any atom is 0.249 e. The molecule has 0 aromatic carbocycles. The van der Waals surface area contributed by atoms with E-state index in [1.165, 1.54) is 0 Å². The van der Waals surface area contributed by atoms with E-state index >= 15 is 0 Å². The molecule has 0 radical (unpaired) electrons. The van der Waals surface area contributed by atoms with Gasteiger partial charge >= 0.3 is 0 Å². The Hall–Kier alpha value is -2.18. The van der Waals surface area contributed by atoms with Crippen molar-refractivity contribution < 1.29 is 9.18 Å². The fraction of sp³-hybridized carbons (Fsp3) is 0.562. The number of carbonyl (C=O) groups excluding carboxylic acids is 1. The number of piperidine rings is 1. The minimum atomic E-state index is -1.09. The van der Waals surface area contributed by atoms with Crippen molar-refractivity contribution in [3.8, 4) is 0 Å². The second-order valence-corrected chi connectivity index (χ2v) is 6.75. The molecule has 23 heavy (non-hydrogen) atoms. The highest BCUT2D eigenvalue weighted by Crippen LogP contribution is 2.31. The Labute approximate surface area is 133 Å². The number of aromatic nitrogens is 3. The fourth-order valence-corrected chi connectivity index (χ4v) is 2.94. The van der Waals surface area contributed by atoms with Crippen LogP contribution in [0.25, 0.3) is 5.65 Å². The molecule has 2 aliphatic rings. The number of alkyl halides is 1. The van der Waals surface area contributed by atoms with Crippen molar-refractivity contribution in [2.75, 3.05) is 23.3 Å². The number of anilines is 2. The summed E-state index contributed by atoms with van der Waals surface area (Å²) in [6.45, 7) is 2.96. The van der Waals surface area contributed by atoms with Crippen molar-refractivity contribution >= 4 is 23.3 Å². The molecular weight excluding hydrogens is 297 g/mol. The van der Waals surface area contributed by atoms with Crippen molar-refractivity contribution in [2.24, 2.45) is 5.92 Å². The van der Waals surface area contributed by atoms with E-state index in [1.807, 2.05) is 18.2 Å². The first-order chi connectivity index (χ1) is 11.0. The highest BCUT2D eigenvalue weighted by atomic mass is 19.1. The molecule has 2 aromatic heterocycles. The van der Waals surface area contributed by atoms with E-state index in [4.69, 9.17) is 0 Å². The summed E-state index contributed by atoms with van der Waals surface area (Å²) in [4.78, 5) is 18.3. The molecule has 2 fully saturated rings. The number of pyridine rings is 1. The first-order valence-corrected chi connectivity index (χ1v) is 8.12. The quantitative estimate of drug-likeness (QED) is 0.944. The molecule has 122 valence electrons. The largest absolute Gasteiger partial charge is 0.356 e. The molecule has 1 aliphatic heterocycles. The molecular formula is C16H20FN5O. The van der Waals surface area contributed by atoms with Gasteiger partial charge in [0, 0.05) is 19.0 Å². The number of fused-ring (bicyclic) bond motifs is 1. The predicted molar refractivity (Wildman–Crippen MR) is 85.3 cm³/mol. The van der Waals surface area contributed by atoms with Crippen LogP contribution < -0.4 is 10.2 Å². The van der Waals surface area contributed by atoms with Gasteiger partial charge in [0.05, 0.1) is 0 Å². The maximum absolute atomic E-state index is 14.0. The lowest BCUT2D eigenvalue weighted by molar-refractivity contribution is -0.117. The Morgan fingerprint density at radius 2 is 2.09 bits per heavy atom. The van der Waals surface area contributed by atoms with Gasteiger partial charge in [0.1, 0.15) is 11.5 Å². The number of nitrogens with zero attached hydrogens (tertiary/aromatic N) is 4. The molecule has 0 bridgehead atoms. The van der Waals surface area contributed by atoms with Crippen LogP contribution >= 0.6 is 0 Å². The van der Waals surface area contributed by atoms with Crippen LogP contribution in [0.5, 0.6) is 0 Å². The van der Waals surface area contributed by atoms with Gasteiger partial charge in [-0.1, -0.05) is 6.07 Å². The zero-order valence-corrected chi connectivity index (χ0v) is 13.1. The van der Waals surface area contributed by atoms with Gasteiger partial charge in [-0.2, -0.15) is 9.50 Å². The van der Waals surface area contributed by atoms with Crippen molar-refractivity contribution in [3.63, 3.8) is 0 Å². The average molecular weight is 317 g/mol. The summed E-state index contributed by atoms with van der Waals surface area (Å²) in [7, 11) is 0. The number of halogens is 1. The Bertz CT molecular complexity index is 742. The second kappa shape index (κ2) is 5.18. The van der Waals surface area contributed by atoms with Crippen LogP contribution in [-0.2, 0) is 4.79 Å². The second-order valence-electron chi connectivity index (χ2n) is 6.75. The lowest BCUT2D eigenvalue weighted by Gasteiger charge is -2.35. The third-order valence-corrected chi connectivity index (χ3v) is 4.65. The molecule has 1 saturated carbocycles. The lowest BCUT2D eigenvalue weighted by Crippen LogP contribution is -2.40. The first-order valence-electron chi connectivity index (χ1n) is 8.12. The third-order valence-electron chi connectivity index (χ3n) is 4.65. The van der Waals surface area contributed by atoms with Crippen LogP contribution in [-0.4, -0.2) is 39.3 Å². The Morgan fingerprint density at radius 1 is 1.35 bits per heavy atom. The summed E-state index contributed by atoms with van der Waals surface area (Å²) < 4.78 is 15.7. The van der Waals surface area contributed by atoms with E-state index in [0.717, 1.165) is 18.7 Å². The standard InChI is InChI=1S/C16H20FN5O/c1-16(17)7-9-21(10-8-16)13-4-2-3-12-18-15(20-22(12)13)19-14(23)11-5-6-11/h2-4,11H,5-10H2,1H3,(H,19,20,23). The van der Waals surface area contributed by atoms with Crippen molar-refractivity contribution in [3.05, 3.63) is 18.2 Å². The van der Waals surface area contributed by atoms with Gasteiger partial charge in [0.25, 0.3) is 0 Å². The topological polar surface area (TPSA) is 62.5 Å². The van der Waals surface area contributed by atoms with Crippen LogP contribution in [0.3, 0.4) is 0 Å². The van der Waals surface area contributed by atoms with E-state index in [9.17, 15) is 9.18 Å². The average Bonchev–Trinajstić information content (AvgIpc) is 3.28. The summed E-state index contributed by atoms with van der Waals surface area (Å²) in [5.41, 5.74) is -0.405. The monoisotopic (exact) mass is 317 g/mol. The summed E-state index contributed by atoms with van der Waals surface area (Å²) in [5, 5.41) is 7.19. The lowest BCUT2D eigenvalue weighted by atomic mass is 9.96. The van der Waals surface area contributed by atoms with Crippen molar-refractivity contribution in [1.29, 1.82) is 0 Å². The van der Waals surface area contributed by atoms with E-state index in [1.54, 1.807) is 11.4 Å². The smallest absolute Gasteiger partial charge is 0.249 e. The van der Waals surface area contributed by atoms with Crippen LogP contribution in [0.15, 0.2) is 18.2 Å². The Morgan fingerprint density at radius 3 is 2.78 bits per heavy atom. The van der Waals surface area contributed by atoms with E-state index in [2.05, 4.69) is 20.3 Å². The summed E-state index contributed by atoms with van der Waals surface area (Å²) in [6.07, 6.45) is 2.90. The third kappa shape index (κ3) is 2.87. The molecule has 0 unspecified atom stereocenters. The summed E-state index contributed by atoms with van der Waals surface area (Å²) in [6, 6.07) is 5.72. The van der Waals surface area contributed by atoms with Gasteiger partial charge < -0.3 is 4.90 Å². The minimum Gasteiger partial charge on any atom is -0.356 e. The van der Waals surface area contributed by atoms with Crippen LogP contribution in [0.1, 0.15) is 32.6 Å². The SMILES string of the molecule is CC1(F)CCN(c2cccc3nc(NC(=O)C4CC4)nn23)CC1. The number of carbonyl (C=O) groups is 1. The van der Waals surface area contributed by atoms with Gasteiger partial charge in [-0.15, -0.1) is 5.10 Å². The Kier molecular flexibility index (Phi) is 3.25. The molecule has 0 spiro atoms. The summed E-state index contributed by atoms with van der Waals surface area (Å²) in [5.74, 6) is 1.33. The zero-order chi connectivity index (χ0) is 16.0. The highest BCUT2D eigenvalue weighted by molar-refractivity contribution is 5.92. The van der Waals surface area contributed by atoms with Gasteiger partial charge in [-0.3, -0.25) is 10.1 Å². The minimum absolute atomic E-state index is 0.00590. The molecule has 1 saturated heterocycles. The molecule has 1 N–H and O–H groups in total. The van der Waals surface area contributed by atoms with Crippen LogP contribution in [0.2, 0.25) is 0 Å². The van der Waals surface area contributed by atoms with E-state index in [-0.39, 0.29) is 11.8 Å². The number of hydrogen-bond acceptors (Lipinski definition) is 4. The Balaban J connectivity index is 1.59. The maximum atomic E-state index is 14.0. The van der Waals surface area contributed by atoms with E-state index in [0.29, 0.717) is 37.5 Å². The van der Waals surface area contributed by atoms with Gasteiger partial charge in [-0.25, -0.2) is 4.39 Å². The van der Waals surface area contributed by atoms with Crippen LogP contribution in [0, 0.1) is 5.92 Å². The predicted octanol–water partition coefficient (Wildman–Crippen LogP) is 2.41. The highest BCUT2D eigenvalue weighted by Gasteiger charge is 2.31. The first kappa shape index (κ1) is 14.4. The van der Waals surface area contributed by atoms with Gasteiger partial charge in [-0.05, 0) is 44.7 Å². The number of nitrogens with one attached hydrogen (secondary N) is 1. The van der Waals surface area contributed by atoms with Crippen LogP contribution in [0.4, 0.5) is 16.2 Å². The number of rotatable bonds is 3. The fourth-order valence-electron chi connectivity index (χ4n) is 2.94. The number of hydrogen-bond donors (Lipinski definition) is 1. The van der Waals surface area contributed by atoms with Gasteiger partial charge in [0.15, 0.2) is 5.65 Å². The molecule has 6 nitrogen and oxygen atoms in total. The molecule has 2 aromatic rings. The molecule has 1 aliphatic carbocycles. The van der Waals surface area contributed by atoms with Crippen molar-refractivity contribution in [2.45, 2.75) is 38.3 Å². The van der Waals surface area contributed by atoms with E-state index < -0.39 is 5.67 Å². The normalized spacial score (nSPS) is 20.7. The molecule has 4 rings (SSSR count). The number of amides is 1. The molecule has 0 atom stereocenters. The summed E-state index contributed by atoms with van der Waals surface area (Å²) >= 11 is 0. The zero-order valence-electron chi connectivity index (χ0n) is 13.1. The molecule has 7 heteroatoms.